The molecule has 3 nitrogen and oxygen atoms in total. The standard InChI is InChI=1S/C18H21FN2OS/c1-12-9-10-14(11-16(12)19)20-18(23)21(3)13(2)15-7-5-6-8-17(15)22-4/h5-11,13H,1-4H3,(H,20,23). The van der Waals surface area contributed by atoms with Crippen LogP contribution in [-0.2, 0) is 0 Å². The maximum atomic E-state index is 13.6. The maximum Gasteiger partial charge on any atom is 0.173 e. The van der Waals surface area contributed by atoms with E-state index in [2.05, 4.69) is 5.32 Å². The highest BCUT2D eigenvalue weighted by Gasteiger charge is 2.18. The molecule has 2 aromatic carbocycles. The first-order valence-corrected chi connectivity index (χ1v) is 7.77. The van der Waals surface area contributed by atoms with Crippen LogP contribution in [0.5, 0.6) is 5.75 Å². The lowest BCUT2D eigenvalue weighted by Crippen LogP contribution is -2.33. The number of aryl methyl sites for hydroxylation is 1. The maximum absolute atomic E-state index is 13.6. The van der Waals surface area contributed by atoms with E-state index in [1.807, 2.05) is 49.2 Å². The second kappa shape index (κ2) is 7.42. The van der Waals surface area contributed by atoms with E-state index in [1.165, 1.54) is 6.07 Å². The molecule has 0 amide bonds. The van der Waals surface area contributed by atoms with Crippen LogP contribution in [0.25, 0.3) is 0 Å². The molecule has 0 aromatic heterocycles. The number of nitrogens with zero attached hydrogens (tertiary/aromatic N) is 1. The molecule has 0 radical (unpaired) electrons. The van der Waals surface area contributed by atoms with Crippen LogP contribution in [0.1, 0.15) is 24.1 Å². The Kier molecular flexibility index (Phi) is 5.55. The first-order valence-electron chi connectivity index (χ1n) is 7.37. The van der Waals surface area contributed by atoms with Crippen molar-refractivity contribution in [2.75, 3.05) is 19.5 Å². The summed E-state index contributed by atoms with van der Waals surface area (Å²) in [5.74, 6) is 0.564. The fraction of sp³-hybridized carbons (Fsp3) is 0.278. The fourth-order valence-corrected chi connectivity index (χ4v) is 2.55. The summed E-state index contributed by atoms with van der Waals surface area (Å²) < 4.78 is 19.0. The van der Waals surface area contributed by atoms with E-state index in [0.717, 1.165) is 11.3 Å². The largest absolute Gasteiger partial charge is 0.496 e. The highest BCUT2D eigenvalue weighted by atomic mass is 32.1. The molecule has 0 saturated heterocycles. The molecule has 0 aliphatic rings. The van der Waals surface area contributed by atoms with Crippen LogP contribution in [0.4, 0.5) is 10.1 Å². The van der Waals surface area contributed by atoms with Gasteiger partial charge >= 0.3 is 0 Å². The summed E-state index contributed by atoms with van der Waals surface area (Å²) in [7, 11) is 3.55. The number of rotatable bonds is 4. The van der Waals surface area contributed by atoms with E-state index in [9.17, 15) is 4.39 Å². The van der Waals surface area contributed by atoms with Crippen molar-refractivity contribution in [2.24, 2.45) is 0 Å². The summed E-state index contributed by atoms with van der Waals surface area (Å²) in [5, 5.41) is 3.59. The molecule has 0 spiro atoms. The Morgan fingerprint density at radius 2 is 1.96 bits per heavy atom. The van der Waals surface area contributed by atoms with Crippen molar-refractivity contribution in [3.63, 3.8) is 0 Å². The Labute approximate surface area is 142 Å². The zero-order valence-corrected chi connectivity index (χ0v) is 14.6. The topological polar surface area (TPSA) is 24.5 Å². The number of nitrogens with one attached hydrogen (secondary N) is 1. The van der Waals surface area contributed by atoms with Crippen molar-refractivity contribution >= 4 is 23.0 Å². The number of halogens is 1. The van der Waals surface area contributed by atoms with Gasteiger partial charge in [0, 0.05) is 18.3 Å². The van der Waals surface area contributed by atoms with Crippen molar-refractivity contribution in [3.8, 4) is 5.75 Å². The molecule has 0 bridgehead atoms. The van der Waals surface area contributed by atoms with Crippen LogP contribution >= 0.6 is 12.2 Å². The van der Waals surface area contributed by atoms with Gasteiger partial charge in [0.2, 0.25) is 0 Å². The summed E-state index contributed by atoms with van der Waals surface area (Å²) in [4.78, 5) is 1.92. The van der Waals surface area contributed by atoms with E-state index in [-0.39, 0.29) is 11.9 Å². The Balaban J connectivity index is 2.13. The van der Waals surface area contributed by atoms with Crippen molar-refractivity contribution in [1.82, 2.24) is 4.90 Å². The molecule has 2 rings (SSSR count). The molecule has 23 heavy (non-hydrogen) atoms. The van der Waals surface area contributed by atoms with E-state index in [4.69, 9.17) is 17.0 Å². The molecule has 0 aliphatic carbocycles. The number of methoxy groups -OCH3 is 1. The predicted octanol–water partition coefficient (Wildman–Crippen LogP) is 4.53. The molecule has 1 atom stereocenters. The molecule has 122 valence electrons. The number of anilines is 1. The second-order valence-corrected chi connectivity index (χ2v) is 5.81. The average molecular weight is 332 g/mol. The minimum atomic E-state index is -0.252. The van der Waals surface area contributed by atoms with Crippen LogP contribution in [0.2, 0.25) is 0 Å². The zero-order chi connectivity index (χ0) is 17.0. The lowest BCUT2D eigenvalue weighted by Gasteiger charge is -2.29. The lowest BCUT2D eigenvalue weighted by molar-refractivity contribution is 0.368. The third-order valence-corrected chi connectivity index (χ3v) is 4.30. The first kappa shape index (κ1) is 17.2. The van der Waals surface area contributed by atoms with Crippen molar-refractivity contribution in [3.05, 3.63) is 59.4 Å². The lowest BCUT2D eigenvalue weighted by atomic mass is 10.1. The molecule has 0 saturated carbocycles. The van der Waals surface area contributed by atoms with Crippen molar-refractivity contribution in [1.29, 1.82) is 0 Å². The molecule has 5 heteroatoms. The predicted molar refractivity (Wildman–Crippen MR) is 96.5 cm³/mol. The average Bonchev–Trinajstić information content (AvgIpc) is 2.56. The molecule has 0 fully saturated rings. The van der Waals surface area contributed by atoms with E-state index in [0.29, 0.717) is 16.4 Å². The monoisotopic (exact) mass is 332 g/mol. The van der Waals surface area contributed by atoms with Gasteiger partial charge in [-0.3, -0.25) is 0 Å². The Morgan fingerprint density at radius 3 is 2.61 bits per heavy atom. The van der Waals surface area contributed by atoms with Crippen LogP contribution in [-0.4, -0.2) is 24.2 Å². The highest BCUT2D eigenvalue weighted by Crippen LogP contribution is 2.28. The van der Waals surface area contributed by atoms with Gasteiger partial charge in [-0.15, -0.1) is 0 Å². The van der Waals surface area contributed by atoms with Crippen LogP contribution in [0, 0.1) is 12.7 Å². The van der Waals surface area contributed by atoms with Gasteiger partial charge in [0.15, 0.2) is 5.11 Å². The highest BCUT2D eigenvalue weighted by molar-refractivity contribution is 7.80. The van der Waals surface area contributed by atoms with Gasteiger partial charge in [0.05, 0.1) is 13.2 Å². The van der Waals surface area contributed by atoms with Gasteiger partial charge in [0.1, 0.15) is 11.6 Å². The minimum Gasteiger partial charge on any atom is -0.496 e. The summed E-state index contributed by atoms with van der Waals surface area (Å²) >= 11 is 5.44. The van der Waals surface area contributed by atoms with Crippen molar-refractivity contribution < 1.29 is 9.13 Å². The molecule has 1 unspecified atom stereocenters. The van der Waals surface area contributed by atoms with Gasteiger partial charge in [-0.2, -0.15) is 0 Å². The minimum absolute atomic E-state index is 0.0152. The smallest absolute Gasteiger partial charge is 0.173 e. The normalized spacial score (nSPS) is 11.7. The van der Waals surface area contributed by atoms with E-state index in [1.54, 1.807) is 20.1 Å². The molecular weight excluding hydrogens is 311 g/mol. The number of benzene rings is 2. The molecular formula is C18H21FN2OS. The summed E-state index contributed by atoms with van der Waals surface area (Å²) in [6, 6.07) is 12.8. The summed E-state index contributed by atoms with van der Waals surface area (Å²) in [6.45, 7) is 3.77. The van der Waals surface area contributed by atoms with Gasteiger partial charge in [-0.25, -0.2) is 4.39 Å². The third-order valence-electron chi connectivity index (χ3n) is 3.91. The van der Waals surface area contributed by atoms with Crippen LogP contribution in [0.15, 0.2) is 42.5 Å². The fourth-order valence-electron chi connectivity index (χ4n) is 2.28. The molecule has 2 aromatic rings. The van der Waals surface area contributed by atoms with Crippen LogP contribution in [0.3, 0.4) is 0 Å². The van der Waals surface area contributed by atoms with Crippen molar-refractivity contribution in [2.45, 2.75) is 19.9 Å². The van der Waals surface area contributed by atoms with E-state index < -0.39 is 0 Å². The molecule has 0 heterocycles. The number of ether oxygens (including phenoxy) is 1. The van der Waals surface area contributed by atoms with Gasteiger partial charge < -0.3 is 15.0 Å². The van der Waals surface area contributed by atoms with Crippen LogP contribution < -0.4 is 10.1 Å². The van der Waals surface area contributed by atoms with Gasteiger partial charge in [-0.05, 0) is 49.8 Å². The second-order valence-electron chi connectivity index (χ2n) is 5.42. The summed E-state index contributed by atoms with van der Waals surface area (Å²) in [5.41, 5.74) is 2.28. The number of para-hydroxylation sites is 1. The van der Waals surface area contributed by atoms with Gasteiger partial charge in [0.25, 0.3) is 0 Å². The Morgan fingerprint density at radius 1 is 1.26 bits per heavy atom. The number of hydrogen-bond donors (Lipinski definition) is 1. The third kappa shape index (κ3) is 3.99. The number of thiocarbonyl (C=S) groups is 1. The van der Waals surface area contributed by atoms with Gasteiger partial charge in [-0.1, -0.05) is 24.3 Å². The Bertz CT molecular complexity index is 705. The quantitative estimate of drug-likeness (QED) is 0.831. The first-order chi connectivity index (χ1) is 10.9. The summed E-state index contributed by atoms with van der Waals surface area (Å²) in [6.07, 6.45) is 0. The number of hydrogen-bond acceptors (Lipinski definition) is 2. The molecule has 1 N–H and O–H groups in total. The molecule has 0 aliphatic heterocycles. The zero-order valence-electron chi connectivity index (χ0n) is 13.8. The van der Waals surface area contributed by atoms with E-state index >= 15 is 0 Å². The Hall–Kier alpha value is -2.14. The SMILES string of the molecule is COc1ccccc1C(C)N(C)C(=S)Nc1ccc(C)c(F)c1.